The summed E-state index contributed by atoms with van der Waals surface area (Å²) < 4.78 is 0. The molecule has 0 aromatic heterocycles. The van der Waals surface area contributed by atoms with Gasteiger partial charge in [0.15, 0.2) is 5.78 Å². The fourth-order valence-corrected chi connectivity index (χ4v) is 1.83. The van der Waals surface area contributed by atoms with Crippen LogP contribution in [0.5, 0.6) is 0 Å². The molecule has 0 atom stereocenters. The van der Waals surface area contributed by atoms with Crippen LogP contribution in [0.25, 0.3) is 5.57 Å². The third-order valence-corrected chi connectivity index (χ3v) is 2.62. The minimum Gasteiger partial charge on any atom is -0.294 e. The first kappa shape index (κ1) is 9.20. The van der Waals surface area contributed by atoms with Gasteiger partial charge in [0.05, 0.1) is 0 Å². The molecule has 0 bridgehead atoms. The minimum atomic E-state index is 0.0902. The van der Waals surface area contributed by atoms with E-state index in [1.54, 1.807) is 0 Å². The molecule has 0 saturated carbocycles. The Kier molecular flexibility index (Phi) is 2.24. The van der Waals surface area contributed by atoms with Gasteiger partial charge in [-0.3, -0.25) is 4.79 Å². The van der Waals surface area contributed by atoms with E-state index in [2.05, 4.69) is 6.07 Å². The minimum absolute atomic E-state index is 0.0902. The number of allylic oxidation sites excluding steroid dienone is 2. The molecule has 0 N–H and O–H groups in total. The van der Waals surface area contributed by atoms with Gasteiger partial charge in [0.1, 0.15) is 0 Å². The van der Waals surface area contributed by atoms with Gasteiger partial charge in [-0.25, -0.2) is 0 Å². The first-order chi connectivity index (χ1) is 6.70. The molecule has 1 aliphatic carbocycles. The van der Waals surface area contributed by atoms with Crippen LogP contribution in [-0.4, -0.2) is 5.78 Å². The van der Waals surface area contributed by atoms with E-state index < -0.39 is 0 Å². The van der Waals surface area contributed by atoms with Crippen LogP contribution >= 0.6 is 0 Å². The van der Waals surface area contributed by atoms with Crippen LogP contribution in [0.4, 0.5) is 0 Å². The Bertz CT molecular complexity index is 399. The van der Waals surface area contributed by atoms with Crippen LogP contribution in [0.3, 0.4) is 0 Å². The molecule has 1 heteroatoms. The first-order valence-electron chi connectivity index (χ1n) is 5.03. The largest absolute Gasteiger partial charge is 0.294 e. The van der Waals surface area contributed by atoms with Crippen molar-refractivity contribution in [3.05, 3.63) is 41.5 Å². The van der Waals surface area contributed by atoms with Crippen molar-refractivity contribution in [1.29, 1.82) is 0 Å². The number of benzene rings is 1. The Morgan fingerprint density at radius 2 is 2.00 bits per heavy atom. The smallest absolute Gasteiger partial charge is 0.165 e. The average molecular weight is 186 g/mol. The van der Waals surface area contributed by atoms with Gasteiger partial charge in [0.25, 0.3) is 0 Å². The molecule has 2 rings (SSSR count). The fourth-order valence-electron chi connectivity index (χ4n) is 1.83. The van der Waals surface area contributed by atoms with E-state index in [-0.39, 0.29) is 11.7 Å². The van der Waals surface area contributed by atoms with Gasteiger partial charge in [-0.2, -0.15) is 0 Å². The predicted octanol–water partition coefficient (Wildman–Crippen LogP) is 2.85. The van der Waals surface area contributed by atoms with Crippen LogP contribution in [0.15, 0.2) is 30.3 Å². The Morgan fingerprint density at radius 3 is 2.71 bits per heavy atom. The van der Waals surface area contributed by atoms with Crippen molar-refractivity contribution in [3.63, 3.8) is 0 Å². The fraction of sp³-hybridized carbons (Fsp3) is 0.308. The topological polar surface area (TPSA) is 17.1 Å². The van der Waals surface area contributed by atoms with Crippen LogP contribution in [0, 0.1) is 5.92 Å². The highest BCUT2D eigenvalue weighted by molar-refractivity contribution is 6.22. The summed E-state index contributed by atoms with van der Waals surface area (Å²) in [5.74, 6) is 0.349. The summed E-state index contributed by atoms with van der Waals surface area (Å²) in [5, 5.41) is 0. The standard InChI is InChI=1S/C13H14O/c1-9(2)13(14)12-8-7-10-5-3-4-6-11(10)12/h3-6,8-9H,7H2,1-2H3. The molecule has 1 nitrogen and oxygen atoms in total. The molecule has 1 aromatic rings. The lowest BCUT2D eigenvalue weighted by Crippen LogP contribution is -2.08. The Labute approximate surface area is 84.5 Å². The summed E-state index contributed by atoms with van der Waals surface area (Å²) in [6, 6.07) is 8.14. The summed E-state index contributed by atoms with van der Waals surface area (Å²) >= 11 is 0. The first-order valence-corrected chi connectivity index (χ1v) is 5.03. The number of carbonyl (C=O) groups excluding carboxylic acids is 1. The molecule has 0 saturated heterocycles. The van der Waals surface area contributed by atoms with E-state index in [0.717, 1.165) is 17.6 Å². The van der Waals surface area contributed by atoms with Gasteiger partial charge in [-0.05, 0) is 17.5 Å². The maximum atomic E-state index is 11.8. The SMILES string of the molecule is CC(C)C(=O)C1=CCc2ccccc21. The number of carbonyl (C=O) groups is 1. The lowest BCUT2D eigenvalue weighted by atomic mass is 9.96. The highest BCUT2D eigenvalue weighted by Gasteiger charge is 2.21. The summed E-state index contributed by atoms with van der Waals surface area (Å²) in [6.07, 6.45) is 2.96. The summed E-state index contributed by atoms with van der Waals surface area (Å²) in [5.41, 5.74) is 3.32. The molecule has 0 amide bonds. The van der Waals surface area contributed by atoms with Crippen molar-refractivity contribution in [2.24, 2.45) is 5.92 Å². The molecule has 0 radical (unpaired) electrons. The average Bonchev–Trinajstić information content (AvgIpc) is 2.60. The van der Waals surface area contributed by atoms with Crippen molar-refractivity contribution in [3.8, 4) is 0 Å². The molecule has 0 spiro atoms. The second-order valence-corrected chi connectivity index (χ2v) is 4.00. The molecule has 72 valence electrons. The Balaban J connectivity index is 2.38. The molecule has 14 heavy (non-hydrogen) atoms. The molecular weight excluding hydrogens is 172 g/mol. The zero-order valence-electron chi connectivity index (χ0n) is 8.58. The van der Waals surface area contributed by atoms with Gasteiger partial charge < -0.3 is 0 Å². The monoisotopic (exact) mass is 186 g/mol. The van der Waals surface area contributed by atoms with Gasteiger partial charge >= 0.3 is 0 Å². The van der Waals surface area contributed by atoms with Gasteiger partial charge in [-0.15, -0.1) is 0 Å². The van der Waals surface area contributed by atoms with Crippen LogP contribution < -0.4 is 0 Å². The van der Waals surface area contributed by atoms with E-state index in [1.807, 2.05) is 38.1 Å². The van der Waals surface area contributed by atoms with Crippen molar-refractivity contribution in [1.82, 2.24) is 0 Å². The summed E-state index contributed by atoms with van der Waals surface area (Å²) in [7, 11) is 0. The lowest BCUT2D eigenvalue weighted by Gasteiger charge is -2.06. The van der Waals surface area contributed by atoms with E-state index in [4.69, 9.17) is 0 Å². The number of Topliss-reactive ketones (excluding diaryl/α,β-unsaturated/α-hetero) is 1. The third kappa shape index (κ3) is 1.39. The Hall–Kier alpha value is -1.37. The number of hydrogen-bond donors (Lipinski definition) is 0. The van der Waals surface area contributed by atoms with Crippen LogP contribution in [0.2, 0.25) is 0 Å². The molecule has 0 aliphatic heterocycles. The third-order valence-electron chi connectivity index (χ3n) is 2.62. The number of ketones is 1. The van der Waals surface area contributed by atoms with Crippen molar-refractivity contribution in [2.45, 2.75) is 20.3 Å². The van der Waals surface area contributed by atoms with Crippen molar-refractivity contribution < 1.29 is 4.79 Å². The molecule has 1 aliphatic rings. The van der Waals surface area contributed by atoms with Crippen molar-refractivity contribution >= 4 is 11.4 Å². The van der Waals surface area contributed by atoms with E-state index >= 15 is 0 Å². The highest BCUT2D eigenvalue weighted by atomic mass is 16.1. The van der Waals surface area contributed by atoms with E-state index in [9.17, 15) is 4.79 Å². The number of fused-ring (bicyclic) bond motifs is 1. The zero-order valence-corrected chi connectivity index (χ0v) is 8.58. The van der Waals surface area contributed by atoms with Crippen LogP contribution in [-0.2, 0) is 11.2 Å². The predicted molar refractivity (Wildman–Crippen MR) is 58.0 cm³/mol. The number of hydrogen-bond acceptors (Lipinski definition) is 1. The second-order valence-electron chi connectivity index (χ2n) is 4.00. The molecule has 0 fully saturated rings. The normalized spacial score (nSPS) is 14.1. The van der Waals surface area contributed by atoms with E-state index in [1.165, 1.54) is 5.56 Å². The summed E-state index contributed by atoms with van der Waals surface area (Å²) in [4.78, 5) is 11.8. The summed E-state index contributed by atoms with van der Waals surface area (Å²) in [6.45, 7) is 3.90. The lowest BCUT2D eigenvalue weighted by molar-refractivity contribution is -0.116. The van der Waals surface area contributed by atoms with Crippen molar-refractivity contribution in [2.75, 3.05) is 0 Å². The maximum absolute atomic E-state index is 11.8. The quantitative estimate of drug-likeness (QED) is 0.694. The number of rotatable bonds is 2. The van der Waals surface area contributed by atoms with Crippen LogP contribution in [0.1, 0.15) is 25.0 Å². The second kappa shape index (κ2) is 3.41. The molecule has 1 aromatic carbocycles. The zero-order chi connectivity index (χ0) is 10.1. The van der Waals surface area contributed by atoms with Gasteiger partial charge in [-0.1, -0.05) is 44.2 Å². The van der Waals surface area contributed by atoms with Gasteiger partial charge in [0, 0.05) is 11.5 Å². The molecular formula is C13H14O. The Morgan fingerprint density at radius 1 is 1.29 bits per heavy atom. The van der Waals surface area contributed by atoms with E-state index in [0.29, 0.717) is 0 Å². The highest BCUT2D eigenvalue weighted by Crippen LogP contribution is 2.29. The molecule has 0 heterocycles. The maximum Gasteiger partial charge on any atom is 0.165 e. The molecule has 0 unspecified atom stereocenters. The van der Waals surface area contributed by atoms with Gasteiger partial charge in [0.2, 0.25) is 0 Å².